The van der Waals surface area contributed by atoms with Crippen LogP contribution in [0.15, 0.2) is 146 Å². The van der Waals surface area contributed by atoms with Gasteiger partial charge in [-0.05, 0) is 82.3 Å². The molecule has 8 rings (SSSR count). The van der Waals surface area contributed by atoms with Gasteiger partial charge in [0, 0.05) is 42.5 Å². The second-order valence-electron chi connectivity index (χ2n) is 12.7. The molecule has 46 heavy (non-hydrogen) atoms. The first-order valence-electron chi connectivity index (χ1n) is 15.9. The molecule has 0 amide bonds. The van der Waals surface area contributed by atoms with Gasteiger partial charge in [0.2, 0.25) is 0 Å². The molecular formula is C44H35NS. The normalized spacial score (nSPS) is 13.3. The van der Waals surface area contributed by atoms with Crippen LogP contribution in [0.2, 0.25) is 0 Å². The molecule has 1 heterocycles. The van der Waals surface area contributed by atoms with Crippen molar-refractivity contribution < 1.29 is 0 Å². The van der Waals surface area contributed by atoms with Crippen molar-refractivity contribution in [3.63, 3.8) is 0 Å². The van der Waals surface area contributed by atoms with Crippen LogP contribution in [-0.2, 0) is 5.41 Å². The highest BCUT2D eigenvalue weighted by molar-refractivity contribution is 7.26. The summed E-state index contributed by atoms with van der Waals surface area (Å²) < 4.78 is 2.65. The number of nitrogens with zero attached hydrogens (tertiary/aromatic N) is 1. The largest absolute Gasteiger partial charge is 0.310 e. The highest BCUT2D eigenvalue weighted by atomic mass is 32.1. The molecule has 1 aliphatic rings. The SMILES string of the molecule is C=C/C=C\c1c(C)cccc1N(c1cccc(-c2cccc3c2sc2ccccc23)c1)c1ccc2c(c1)C(C)(C)c1ccccc1-2. The third-order valence-electron chi connectivity index (χ3n) is 9.59. The van der Waals surface area contributed by atoms with Crippen LogP contribution < -0.4 is 4.90 Å². The molecule has 0 spiro atoms. The minimum atomic E-state index is -0.0928. The predicted octanol–water partition coefficient (Wildman–Crippen LogP) is 13.0. The van der Waals surface area contributed by atoms with Crippen molar-refractivity contribution in [2.45, 2.75) is 26.2 Å². The lowest BCUT2D eigenvalue weighted by molar-refractivity contribution is 0.660. The Morgan fingerprint density at radius 1 is 0.652 bits per heavy atom. The van der Waals surface area contributed by atoms with Gasteiger partial charge in [0.1, 0.15) is 0 Å². The smallest absolute Gasteiger partial charge is 0.0536 e. The van der Waals surface area contributed by atoms with Gasteiger partial charge in [-0.15, -0.1) is 11.3 Å². The number of anilines is 3. The van der Waals surface area contributed by atoms with Crippen LogP contribution in [0.3, 0.4) is 0 Å². The van der Waals surface area contributed by atoms with Crippen LogP contribution >= 0.6 is 11.3 Å². The van der Waals surface area contributed by atoms with Gasteiger partial charge in [0.25, 0.3) is 0 Å². The molecule has 222 valence electrons. The number of fused-ring (bicyclic) bond motifs is 6. The summed E-state index contributed by atoms with van der Waals surface area (Å²) in [5.41, 5.74) is 13.6. The van der Waals surface area contributed by atoms with Gasteiger partial charge in [-0.25, -0.2) is 0 Å². The summed E-state index contributed by atoms with van der Waals surface area (Å²) in [7, 11) is 0. The van der Waals surface area contributed by atoms with E-state index in [0.717, 1.165) is 17.1 Å². The molecule has 1 nitrogen and oxygen atoms in total. The number of hydrogen-bond donors (Lipinski definition) is 0. The lowest BCUT2D eigenvalue weighted by atomic mass is 9.82. The molecule has 0 bridgehead atoms. The van der Waals surface area contributed by atoms with E-state index in [2.05, 4.69) is 166 Å². The molecule has 0 unspecified atom stereocenters. The zero-order chi connectivity index (χ0) is 31.4. The van der Waals surface area contributed by atoms with Gasteiger partial charge in [0.05, 0.1) is 5.69 Å². The Morgan fingerprint density at radius 3 is 2.26 bits per heavy atom. The molecule has 6 aromatic carbocycles. The number of hydrogen-bond acceptors (Lipinski definition) is 2. The van der Waals surface area contributed by atoms with E-state index < -0.39 is 0 Å². The second kappa shape index (κ2) is 11.0. The van der Waals surface area contributed by atoms with Crippen molar-refractivity contribution in [2.75, 3.05) is 4.90 Å². The molecule has 0 atom stereocenters. The third kappa shape index (κ3) is 4.44. The first-order chi connectivity index (χ1) is 22.5. The Labute approximate surface area is 275 Å². The summed E-state index contributed by atoms with van der Waals surface area (Å²) in [6.07, 6.45) is 6.06. The lowest BCUT2D eigenvalue weighted by Crippen LogP contribution is -2.17. The Balaban J connectivity index is 1.35. The van der Waals surface area contributed by atoms with Crippen LogP contribution in [0, 0.1) is 6.92 Å². The molecule has 2 heteroatoms. The predicted molar refractivity (Wildman–Crippen MR) is 201 cm³/mol. The average molecular weight is 610 g/mol. The standard InChI is InChI=1S/C44H35NS/c1-5-6-17-33-29(2)14-11-23-41(33)45(32-25-26-36-35-18-7-9-22-39(35)44(3,4)40(36)28-32)31-16-12-15-30(27-31)34-20-13-21-38-37-19-8-10-24-42(37)46-43(34)38/h5-28H,1H2,2-4H3/b17-6-. The second-order valence-corrected chi connectivity index (χ2v) is 13.7. The highest BCUT2D eigenvalue weighted by Gasteiger charge is 2.35. The summed E-state index contributed by atoms with van der Waals surface area (Å²) in [6, 6.07) is 47.0. The molecule has 0 N–H and O–H groups in total. The highest BCUT2D eigenvalue weighted by Crippen LogP contribution is 2.51. The van der Waals surface area contributed by atoms with E-state index in [1.54, 1.807) is 0 Å². The van der Waals surface area contributed by atoms with E-state index in [1.807, 2.05) is 23.5 Å². The zero-order valence-corrected chi connectivity index (χ0v) is 27.2. The fourth-order valence-electron chi connectivity index (χ4n) is 7.29. The Morgan fingerprint density at radius 2 is 1.37 bits per heavy atom. The van der Waals surface area contributed by atoms with Crippen LogP contribution in [0.25, 0.3) is 48.5 Å². The van der Waals surface area contributed by atoms with Crippen molar-refractivity contribution in [3.05, 3.63) is 168 Å². The summed E-state index contributed by atoms with van der Waals surface area (Å²) in [6.45, 7) is 10.8. The number of allylic oxidation sites excluding steroid dienone is 2. The fourth-order valence-corrected chi connectivity index (χ4v) is 8.53. The van der Waals surface area contributed by atoms with E-state index in [1.165, 1.54) is 64.7 Å². The maximum Gasteiger partial charge on any atom is 0.0536 e. The van der Waals surface area contributed by atoms with Gasteiger partial charge < -0.3 is 4.90 Å². The van der Waals surface area contributed by atoms with E-state index in [-0.39, 0.29) is 5.41 Å². The minimum absolute atomic E-state index is 0.0928. The maximum atomic E-state index is 3.96. The molecule has 0 fully saturated rings. The first kappa shape index (κ1) is 28.3. The molecule has 0 radical (unpaired) electrons. The molecule has 1 aromatic heterocycles. The quantitative estimate of drug-likeness (QED) is 0.170. The average Bonchev–Trinajstić information content (AvgIpc) is 3.57. The molecule has 0 saturated heterocycles. The van der Waals surface area contributed by atoms with Gasteiger partial charge in [0.15, 0.2) is 0 Å². The number of aryl methyl sites for hydroxylation is 1. The van der Waals surface area contributed by atoms with Gasteiger partial charge >= 0.3 is 0 Å². The maximum absolute atomic E-state index is 3.96. The lowest BCUT2D eigenvalue weighted by Gasteiger charge is -2.30. The van der Waals surface area contributed by atoms with Crippen LogP contribution in [0.1, 0.15) is 36.1 Å². The minimum Gasteiger partial charge on any atom is -0.310 e. The fraction of sp³-hybridized carbons (Fsp3) is 0.0909. The summed E-state index contributed by atoms with van der Waals surface area (Å²) in [5.74, 6) is 0. The molecular weight excluding hydrogens is 575 g/mol. The van der Waals surface area contributed by atoms with Crippen LogP contribution in [0.4, 0.5) is 17.1 Å². The molecule has 7 aromatic rings. The summed E-state index contributed by atoms with van der Waals surface area (Å²) >= 11 is 1.88. The van der Waals surface area contributed by atoms with Crippen LogP contribution in [-0.4, -0.2) is 0 Å². The van der Waals surface area contributed by atoms with Crippen LogP contribution in [0.5, 0.6) is 0 Å². The van der Waals surface area contributed by atoms with Crippen molar-refractivity contribution in [2.24, 2.45) is 0 Å². The monoisotopic (exact) mass is 609 g/mol. The van der Waals surface area contributed by atoms with Gasteiger partial charge in [-0.1, -0.05) is 130 Å². The van der Waals surface area contributed by atoms with Gasteiger partial charge in [-0.2, -0.15) is 0 Å². The Hall–Kier alpha value is -5.18. The third-order valence-corrected chi connectivity index (χ3v) is 10.8. The molecule has 0 saturated carbocycles. The number of benzene rings is 6. The first-order valence-corrected chi connectivity index (χ1v) is 16.7. The van der Waals surface area contributed by atoms with Crippen molar-refractivity contribution in [1.82, 2.24) is 0 Å². The Kier molecular flexibility index (Phi) is 6.78. The molecule has 1 aliphatic carbocycles. The summed E-state index contributed by atoms with van der Waals surface area (Å²) in [5, 5.41) is 2.64. The van der Waals surface area contributed by atoms with E-state index in [4.69, 9.17) is 0 Å². The van der Waals surface area contributed by atoms with Crippen molar-refractivity contribution in [3.8, 4) is 22.3 Å². The van der Waals surface area contributed by atoms with Gasteiger partial charge in [-0.3, -0.25) is 0 Å². The Bertz CT molecular complexity index is 2330. The number of thiophene rings is 1. The summed E-state index contributed by atoms with van der Waals surface area (Å²) in [4.78, 5) is 2.43. The van der Waals surface area contributed by atoms with E-state index >= 15 is 0 Å². The van der Waals surface area contributed by atoms with Crippen molar-refractivity contribution in [1.29, 1.82) is 0 Å². The van der Waals surface area contributed by atoms with E-state index in [9.17, 15) is 0 Å². The molecule has 0 aliphatic heterocycles. The topological polar surface area (TPSA) is 3.24 Å². The van der Waals surface area contributed by atoms with E-state index in [0.29, 0.717) is 0 Å². The number of rotatable bonds is 6. The van der Waals surface area contributed by atoms with Crippen molar-refractivity contribution >= 4 is 54.6 Å². The zero-order valence-electron chi connectivity index (χ0n) is 26.4.